The fraction of sp³-hybridized carbons (Fsp3) is 0.200. The molecule has 0 aliphatic rings. The Bertz CT molecular complexity index is 731. The standard InChI is InChI=1S/C15H15N3OS/c1-11-4-5-18-10-12(17-14(18)7-11)9-16-15(19)8-13-3-2-6-20-13/h2-7,10H,8-9H2,1H3,(H,16,19). The minimum absolute atomic E-state index is 0.0284. The predicted molar refractivity (Wildman–Crippen MR) is 79.8 cm³/mol. The van der Waals surface area contributed by atoms with Gasteiger partial charge in [-0.2, -0.15) is 0 Å². The Morgan fingerprint density at radius 1 is 1.45 bits per heavy atom. The lowest BCUT2D eigenvalue weighted by Gasteiger charge is -2.01. The molecule has 0 saturated heterocycles. The number of nitrogens with one attached hydrogen (secondary N) is 1. The van der Waals surface area contributed by atoms with Gasteiger partial charge >= 0.3 is 0 Å². The summed E-state index contributed by atoms with van der Waals surface area (Å²) in [5, 5.41) is 4.88. The second-order valence-electron chi connectivity index (χ2n) is 4.73. The van der Waals surface area contributed by atoms with Gasteiger partial charge in [0, 0.05) is 17.3 Å². The summed E-state index contributed by atoms with van der Waals surface area (Å²) in [5.41, 5.74) is 2.96. The highest BCUT2D eigenvalue weighted by Gasteiger charge is 2.06. The van der Waals surface area contributed by atoms with E-state index in [9.17, 15) is 4.79 Å². The van der Waals surface area contributed by atoms with Crippen LogP contribution < -0.4 is 5.32 Å². The number of nitrogens with zero attached hydrogens (tertiary/aromatic N) is 2. The molecule has 3 heterocycles. The minimum Gasteiger partial charge on any atom is -0.350 e. The first-order chi connectivity index (χ1) is 9.70. The number of aryl methyl sites for hydroxylation is 1. The van der Waals surface area contributed by atoms with Crippen molar-refractivity contribution >= 4 is 22.9 Å². The molecule has 0 fully saturated rings. The van der Waals surface area contributed by atoms with Crippen molar-refractivity contribution in [2.45, 2.75) is 19.9 Å². The van der Waals surface area contributed by atoms with Crippen LogP contribution in [0.25, 0.3) is 5.65 Å². The topological polar surface area (TPSA) is 46.4 Å². The number of hydrogen-bond acceptors (Lipinski definition) is 3. The van der Waals surface area contributed by atoms with Gasteiger partial charge in [-0.3, -0.25) is 4.79 Å². The van der Waals surface area contributed by atoms with Gasteiger partial charge in [0.2, 0.25) is 5.91 Å². The van der Waals surface area contributed by atoms with E-state index >= 15 is 0 Å². The van der Waals surface area contributed by atoms with Gasteiger partial charge in [-0.05, 0) is 36.1 Å². The van der Waals surface area contributed by atoms with Crippen molar-refractivity contribution in [2.75, 3.05) is 0 Å². The molecule has 3 rings (SSSR count). The molecule has 0 radical (unpaired) electrons. The Kier molecular flexibility index (Phi) is 3.52. The zero-order valence-electron chi connectivity index (χ0n) is 11.2. The normalized spacial score (nSPS) is 10.8. The Hall–Kier alpha value is -2.14. The molecule has 3 aromatic heterocycles. The predicted octanol–water partition coefficient (Wildman–Crippen LogP) is 2.56. The van der Waals surface area contributed by atoms with E-state index < -0.39 is 0 Å². The molecule has 20 heavy (non-hydrogen) atoms. The van der Waals surface area contributed by atoms with Gasteiger partial charge in [-0.15, -0.1) is 11.3 Å². The first-order valence-corrected chi connectivity index (χ1v) is 7.32. The molecule has 0 unspecified atom stereocenters. The largest absolute Gasteiger partial charge is 0.350 e. The third-order valence-electron chi connectivity index (χ3n) is 3.05. The summed E-state index contributed by atoms with van der Waals surface area (Å²) in [7, 11) is 0. The molecular weight excluding hydrogens is 270 g/mol. The van der Waals surface area contributed by atoms with Gasteiger partial charge in [0.15, 0.2) is 0 Å². The quantitative estimate of drug-likeness (QED) is 0.801. The third-order valence-corrected chi connectivity index (χ3v) is 3.92. The van der Waals surface area contributed by atoms with Crippen molar-refractivity contribution in [2.24, 2.45) is 0 Å². The number of thiophene rings is 1. The molecule has 102 valence electrons. The van der Waals surface area contributed by atoms with Gasteiger partial charge < -0.3 is 9.72 Å². The molecule has 4 nitrogen and oxygen atoms in total. The van der Waals surface area contributed by atoms with Crippen LogP contribution >= 0.6 is 11.3 Å². The monoisotopic (exact) mass is 285 g/mol. The van der Waals surface area contributed by atoms with Crippen molar-refractivity contribution in [3.8, 4) is 0 Å². The molecule has 0 aromatic carbocycles. The minimum atomic E-state index is 0.0284. The summed E-state index contributed by atoms with van der Waals surface area (Å²) in [6, 6.07) is 7.99. The fourth-order valence-corrected chi connectivity index (χ4v) is 2.75. The lowest BCUT2D eigenvalue weighted by atomic mass is 10.3. The number of carbonyl (C=O) groups is 1. The number of pyridine rings is 1. The Morgan fingerprint density at radius 3 is 3.15 bits per heavy atom. The zero-order valence-corrected chi connectivity index (χ0v) is 12.0. The second-order valence-corrected chi connectivity index (χ2v) is 5.77. The highest BCUT2D eigenvalue weighted by atomic mass is 32.1. The van der Waals surface area contributed by atoms with E-state index in [1.165, 1.54) is 5.56 Å². The van der Waals surface area contributed by atoms with Crippen LogP contribution in [0.1, 0.15) is 16.1 Å². The zero-order chi connectivity index (χ0) is 13.9. The van der Waals surface area contributed by atoms with Crippen molar-refractivity contribution in [3.63, 3.8) is 0 Å². The summed E-state index contributed by atoms with van der Waals surface area (Å²) in [6.45, 7) is 2.50. The van der Waals surface area contributed by atoms with Crippen LogP contribution in [-0.2, 0) is 17.8 Å². The number of rotatable bonds is 4. The maximum absolute atomic E-state index is 11.8. The van der Waals surface area contributed by atoms with Gasteiger partial charge in [-0.25, -0.2) is 4.98 Å². The molecule has 0 aliphatic heterocycles. The van der Waals surface area contributed by atoms with E-state index in [1.807, 2.05) is 53.4 Å². The maximum Gasteiger partial charge on any atom is 0.225 e. The highest BCUT2D eigenvalue weighted by Crippen LogP contribution is 2.10. The number of fused-ring (bicyclic) bond motifs is 1. The summed E-state index contributed by atoms with van der Waals surface area (Å²) < 4.78 is 1.97. The van der Waals surface area contributed by atoms with Crippen LogP contribution in [0.15, 0.2) is 42.0 Å². The van der Waals surface area contributed by atoms with Gasteiger partial charge in [0.1, 0.15) is 5.65 Å². The van der Waals surface area contributed by atoms with E-state index in [1.54, 1.807) is 11.3 Å². The van der Waals surface area contributed by atoms with Crippen LogP contribution in [-0.4, -0.2) is 15.3 Å². The average molecular weight is 285 g/mol. The molecule has 0 atom stereocenters. The molecule has 0 saturated carbocycles. The number of carbonyl (C=O) groups excluding carboxylic acids is 1. The SMILES string of the molecule is Cc1ccn2cc(CNC(=O)Cc3cccs3)nc2c1. The van der Waals surface area contributed by atoms with Crippen LogP contribution in [0.4, 0.5) is 0 Å². The van der Waals surface area contributed by atoms with E-state index in [4.69, 9.17) is 0 Å². The molecule has 0 spiro atoms. The van der Waals surface area contributed by atoms with Crippen LogP contribution in [0.2, 0.25) is 0 Å². The van der Waals surface area contributed by atoms with Gasteiger partial charge in [0.25, 0.3) is 0 Å². The van der Waals surface area contributed by atoms with E-state index in [0.29, 0.717) is 13.0 Å². The molecule has 1 amide bonds. The smallest absolute Gasteiger partial charge is 0.225 e. The van der Waals surface area contributed by atoms with E-state index in [0.717, 1.165) is 16.2 Å². The van der Waals surface area contributed by atoms with Crippen molar-refractivity contribution in [1.29, 1.82) is 0 Å². The van der Waals surface area contributed by atoms with Crippen LogP contribution in [0.5, 0.6) is 0 Å². The van der Waals surface area contributed by atoms with E-state index in [2.05, 4.69) is 10.3 Å². The number of aromatic nitrogens is 2. The van der Waals surface area contributed by atoms with Crippen molar-refractivity contribution in [1.82, 2.24) is 14.7 Å². The summed E-state index contributed by atoms with van der Waals surface area (Å²) in [6.07, 6.45) is 4.36. The summed E-state index contributed by atoms with van der Waals surface area (Å²) >= 11 is 1.60. The Morgan fingerprint density at radius 2 is 2.35 bits per heavy atom. The highest BCUT2D eigenvalue weighted by molar-refractivity contribution is 7.10. The number of hydrogen-bond donors (Lipinski definition) is 1. The molecule has 0 aliphatic carbocycles. The second kappa shape index (κ2) is 5.46. The molecule has 3 aromatic rings. The Balaban J connectivity index is 1.63. The summed E-state index contributed by atoms with van der Waals surface area (Å²) in [4.78, 5) is 17.4. The van der Waals surface area contributed by atoms with Crippen LogP contribution in [0.3, 0.4) is 0 Å². The third kappa shape index (κ3) is 2.88. The Labute approximate surface area is 121 Å². The first kappa shape index (κ1) is 12.9. The fourth-order valence-electron chi connectivity index (χ4n) is 2.04. The van der Waals surface area contributed by atoms with Crippen molar-refractivity contribution < 1.29 is 4.79 Å². The first-order valence-electron chi connectivity index (χ1n) is 6.44. The maximum atomic E-state index is 11.8. The summed E-state index contributed by atoms with van der Waals surface area (Å²) in [5.74, 6) is 0.0284. The van der Waals surface area contributed by atoms with Crippen molar-refractivity contribution in [3.05, 3.63) is 58.2 Å². The van der Waals surface area contributed by atoms with Gasteiger partial charge in [-0.1, -0.05) is 6.07 Å². The number of imidazole rings is 1. The molecule has 0 bridgehead atoms. The molecular formula is C15H15N3OS. The molecule has 5 heteroatoms. The van der Waals surface area contributed by atoms with Crippen LogP contribution in [0, 0.1) is 6.92 Å². The lowest BCUT2D eigenvalue weighted by molar-refractivity contribution is -0.120. The lowest BCUT2D eigenvalue weighted by Crippen LogP contribution is -2.24. The number of amides is 1. The van der Waals surface area contributed by atoms with Gasteiger partial charge in [0.05, 0.1) is 18.7 Å². The van der Waals surface area contributed by atoms with E-state index in [-0.39, 0.29) is 5.91 Å². The average Bonchev–Trinajstić information content (AvgIpc) is 3.04. The molecule has 1 N–H and O–H groups in total.